The second-order valence-corrected chi connectivity index (χ2v) is 5.42. The van der Waals surface area contributed by atoms with Crippen LogP contribution in [0.15, 0.2) is 42.5 Å². The molecule has 3 heteroatoms. The fraction of sp³-hybridized carbons (Fsp3) is 0.0769. The van der Waals surface area contributed by atoms with Gasteiger partial charge in [0.25, 0.3) is 0 Å². The van der Waals surface area contributed by atoms with E-state index in [1.54, 1.807) is 13.0 Å². The normalized spacial score (nSPS) is 11.2. The lowest BCUT2D eigenvalue weighted by Gasteiger charge is -2.04. The van der Waals surface area contributed by atoms with E-state index in [0.717, 1.165) is 19.4 Å². The van der Waals surface area contributed by atoms with E-state index in [2.05, 4.69) is 21.1 Å². The summed E-state index contributed by atoms with van der Waals surface area (Å²) in [5.74, 6) is -0.144. The first kappa shape index (κ1) is 11.7. The van der Waals surface area contributed by atoms with Gasteiger partial charge in [-0.15, -0.1) is 8.93 Å². The Balaban J connectivity index is 2.38. The van der Waals surface area contributed by atoms with Gasteiger partial charge in [0.05, 0.1) is 0 Å². The van der Waals surface area contributed by atoms with E-state index in [1.165, 1.54) is 5.30 Å². The lowest BCUT2D eigenvalue weighted by atomic mass is 10.0. The summed E-state index contributed by atoms with van der Waals surface area (Å²) in [6.45, 7) is 1.78. The molecule has 0 heterocycles. The molecule has 0 aliphatic heterocycles. The molecule has 0 aliphatic rings. The topological polar surface area (TPSA) is 0 Å². The highest BCUT2D eigenvalue weighted by molar-refractivity contribution is 8.06. The number of hydrogen-bond acceptors (Lipinski definition) is 0. The molecule has 2 aromatic carbocycles. The van der Waals surface area contributed by atoms with Crippen LogP contribution in [0.5, 0.6) is 0 Å². The van der Waals surface area contributed by atoms with Gasteiger partial charge in [-0.2, -0.15) is 0 Å². The van der Waals surface area contributed by atoms with Crippen molar-refractivity contribution < 1.29 is 4.39 Å². The van der Waals surface area contributed by atoms with Crippen LogP contribution in [0.3, 0.4) is 0 Å². The monoisotopic (exact) mass is 250 g/mol. The maximum absolute atomic E-state index is 13.4. The molecule has 0 fully saturated rings. The van der Waals surface area contributed by atoms with Gasteiger partial charge in [-0.25, -0.2) is 4.39 Å². The van der Waals surface area contributed by atoms with Crippen molar-refractivity contribution in [3.63, 3.8) is 0 Å². The molecule has 0 saturated heterocycles. The quantitative estimate of drug-likeness (QED) is 0.709. The third-order valence-corrected chi connectivity index (χ3v) is 4.22. The lowest BCUT2D eigenvalue weighted by Crippen LogP contribution is -1.90. The van der Waals surface area contributed by atoms with Crippen LogP contribution in [0.4, 0.5) is 4.39 Å². The van der Waals surface area contributed by atoms with E-state index in [0.29, 0.717) is 5.56 Å². The predicted octanol–water partition coefficient (Wildman–Crippen LogP) is 3.90. The van der Waals surface area contributed by atoms with Gasteiger partial charge in [-0.05, 0) is 35.0 Å². The molecule has 0 saturated carbocycles. The van der Waals surface area contributed by atoms with Crippen molar-refractivity contribution >= 4 is 22.5 Å². The van der Waals surface area contributed by atoms with Crippen LogP contribution in [0.25, 0.3) is 11.1 Å². The van der Waals surface area contributed by atoms with Gasteiger partial charge in [0.15, 0.2) is 0 Å². The number of halogens is 1. The minimum Gasteiger partial charge on any atom is -0.207 e. The predicted molar refractivity (Wildman–Crippen MR) is 74.2 cm³/mol. The molecule has 16 heavy (non-hydrogen) atoms. The van der Waals surface area contributed by atoms with Crippen molar-refractivity contribution in [2.24, 2.45) is 0 Å². The molecule has 0 bridgehead atoms. The van der Waals surface area contributed by atoms with Crippen molar-refractivity contribution in [1.82, 2.24) is 0 Å². The van der Waals surface area contributed by atoms with Gasteiger partial charge in [0.1, 0.15) is 5.82 Å². The maximum atomic E-state index is 13.4. The van der Waals surface area contributed by atoms with Crippen molar-refractivity contribution in [3.05, 3.63) is 53.8 Å². The Morgan fingerprint density at radius 3 is 2.19 bits per heavy atom. The molecular formula is C13H13FP2. The summed E-state index contributed by atoms with van der Waals surface area (Å²) in [4.78, 5) is 0. The molecular weight excluding hydrogens is 237 g/mol. The van der Waals surface area contributed by atoms with Crippen molar-refractivity contribution in [1.29, 1.82) is 0 Å². The Morgan fingerprint density at radius 1 is 1.00 bits per heavy atom. The zero-order valence-electron chi connectivity index (χ0n) is 9.00. The van der Waals surface area contributed by atoms with Gasteiger partial charge < -0.3 is 0 Å². The van der Waals surface area contributed by atoms with E-state index in [1.807, 2.05) is 24.3 Å². The SMILES string of the molecule is Cc1ccc(-c2ccc(PP)cc2)cc1F. The molecule has 0 spiro atoms. The second-order valence-electron chi connectivity index (χ2n) is 3.69. The first-order valence-corrected chi connectivity index (χ1v) is 7.85. The van der Waals surface area contributed by atoms with Gasteiger partial charge >= 0.3 is 0 Å². The third kappa shape index (κ3) is 2.48. The molecule has 0 N–H and O–H groups in total. The molecule has 0 amide bonds. The van der Waals surface area contributed by atoms with E-state index in [-0.39, 0.29) is 5.82 Å². The fourth-order valence-electron chi connectivity index (χ4n) is 1.53. The summed E-state index contributed by atoms with van der Waals surface area (Å²) in [5.41, 5.74) is 2.68. The van der Waals surface area contributed by atoms with E-state index >= 15 is 0 Å². The van der Waals surface area contributed by atoms with Crippen LogP contribution in [-0.4, -0.2) is 0 Å². The number of aryl methyl sites for hydroxylation is 1. The van der Waals surface area contributed by atoms with E-state index in [9.17, 15) is 4.39 Å². The van der Waals surface area contributed by atoms with Crippen LogP contribution in [0, 0.1) is 12.7 Å². The summed E-state index contributed by atoms with van der Waals surface area (Å²) in [5, 5.41) is 1.29. The van der Waals surface area contributed by atoms with Crippen LogP contribution in [0.1, 0.15) is 5.56 Å². The van der Waals surface area contributed by atoms with Crippen molar-refractivity contribution in [2.45, 2.75) is 6.92 Å². The standard InChI is InChI=1S/C13H13FP2/c1-9-2-3-11(8-13(9)14)10-4-6-12(16-15)7-5-10/h2-8,16H,15H2,1H3. The smallest absolute Gasteiger partial charge is 0.126 e. The van der Waals surface area contributed by atoms with Crippen LogP contribution in [0.2, 0.25) is 0 Å². The van der Waals surface area contributed by atoms with Gasteiger partial charge in [-0.3, -0.25) is 0 Å². The van der Waals surface area contributed by atoms with E-state index < -0.39 is 0 Å². The minimum atomic E-state index is -0.144. The lowest BCUT2D eigenvalue weighted by molar-refractivity contribution is 0.619. The first-order valence-electron chi connectivity index (χ1n) is 5.04. The third-order valence-electron chi connectivity index (χ3n) is 2.56. The summed E-state index contributed by atoms with van der Waals surface area (Å²) in [6.07, 6.45) is 0. The molecule has 0 aromatic heterocycles. The summed E-state index contributed by atoms with van der Waals surface area (Å²) in [7, 11) is 3.44. The van der Waals surface area contributed by atoms with Gasteiger partial charge in [0.2, 0.25) is 0 Å². The second kappa shape index (κ2) is 5.04. The van der Waals surface area contributed by atoms with Gasteiger partial charge in [-0.1, -0.05) is 44.7 Å². The number of rotatable bonds is 2. The molecule has 2 atom stereocenters. The Hall–Kier alpha value is -0.770. The molecule has 0 nitrogen and oxygen atoms in total. The Bertz CT molecular complexity index is 492. The Morgan fingerprint density at radius 2 is 1.62 bits per heavy atom. The van der Waals surface area contributed by atoms with Crippen LogP contribution in [-0.2, 0) is 0 Å². The van der Waals surface area contributed by atoms with Crippen LogP contribution >= 0.6 is 17.2 Å². The largest absolute Gasteiger partial charge is 0.207 e. The highest BCUT2D eigenvalue weighted by Crippen LogP contribution is 2.24. The maximum Gasteiger partial charge on any atom is 0.126 e. The number of benzene rings is 2. The summed E-state index contributed by atoms with van der Waals surface area (Å²) in [6, 6.07) is 13.6. The molecule has 0 radical (unpaired) electrons. The Kier molecular flexibility index (Phi) is 3.69. The van der Waals surface area contributed by atoms with Crippen molar-refractivity contribution in [2.75, 3.05) is 0 Å². The summed E-state index contributed by atoms with van der Waals surface area (Å²) < 4.78 is 13.4. The average molecular weight is 250 g/mol. The molecule has 0 aliphatic carbocycles. The zero-order chi connectivity index (χ0) is 11.5. The van der Waals surface area contributed by atoms with Crippen LogP contribution < -0.4 is 5.30 Å². The fourth-order valence-corrected chi connectivity index (χ4v) is 2.47. The summed E-state index contributed by atoms with van der Waals surface area (Å²) >= 11 is 0. The Labute approximate surface area is 99.2 Å². The molecule has 2 rings (SSSR count). The van der Waals surface area contributed by atoms with Crippen molar-refractivity contribution in [3.8, 4) is 11.1 Å². The average Bonchev–Trinajstić information content (AvgIpc) is 2.33. The van der Waals surface area contributed by atoms with E-state index in [4.69, 9.17) is 0 Å². The zero-order valence-corrected chi connectivity index (χ0v) is 11.2. The first-order chi connectivity index (χ1) is 7.70. The number of hydrogen-bond donors (Lipinski definition) is 0. The highest BCUT2D eigenvalue weighted by atomic mass is 32.0. The molecule has 2 aromatic rings. The highest BCUT2D eigenvalue weighted by Gasteiger charge is 2.01. The van der Waals surface area contributed by atoms with Gasteiger partial charge in [0, 0.05) is 0 Å². The molecule has 2 unspecified atom stereocenters. The minimum absolute atomic E-state index is 0.144. The molecule has 82 valence electrons.